The summed E-state index contributed by atoms with van der Waals surface area (Å²) in [7, 11) is 4.45. The Balaban J connectivity index is 1.98. The number of nitrogens with zero attached hydrogens (tertiary/aromatic N) is 1. The second kappa shape index (κ2) is 9.72. The van der Waals surface area contributed by atoms with Crippen LogP contribution in [0.25, 0.3) is 5.76 Å². The Bertz CT molecular complexity index is 1350. The van der Waals surface area contributed by atoms with Gasteiger partial charge in [0.15, 0.2) is 0 Å². The molecular weight excluding hydrogens is 470 g/mol. The quantitative estimate of drug-likeness (QED) is 0.285. The summed E-state index contributed by atoms with van der Waals surface area (Å²) in [5.41, 5.74) is 2.13. The van der Waals surface area contributed by atoms with Crippen LogP contribution in [0.5, 0.6) is 17.2 Å². The lowest BCUT2D eigenvalue weighted by molar-refractivity contribution is -0.132. The maximum atomic E-state index is 13.4. The van der Waals surface area contributed by atoms with E-state index in [0.29, 0.717) is 28.5 Å². The molecule has 1 aliphatic heterocycles. The molecule has 1 unspecified atom stereocenters. The van der Waals surface area contributed by atoms with Gasteiger partial charge in [0.1, 0.15) is 23.0 Å². The number of anilines is 1. The third-order valence-electron chi connectivity index (χ3n) is 6.00. The molecule has 0 saturated carbocycles. The second-order valence-electron chi connectivity index (χ2n) is 7.91. The minimum atomic E-state index is -0.896. The molecule has 35 heavy (non-hydrogen) atoms. The van der Waals surface area contributed by atoms with Gasteiger partial charge < -0.3 is 19.3 Å². The highest BCUT2D eigenvalue weighted by Gasteiger charge is 2.47. The minimum Gasteiger partial charge on any atom is -0.507 e. The van der Waals surface area contributed by atoms with Gasteiger partial charge in [-0.1, -0.05) is 35.9 Å². The number of Topliss-reactive ketones (excluding diaryl/α,β-unsaturated/α-hetero) is 1. The van der Waals surface area contributed by atoms with Gasteiger partial charge in [0.25, 0.3) is 11.7 Å². The molecule has 7 nitrogen and oxygen atoms in total. The first-order valence-corrected chi connectivity index (χ1v) is 11.1. The minimum absolute atomic E-state index is 0.0558. The van der Waals surface area contributed by atoms with Crippen molar-refractivity contribution in [3.05, 3.63) is 87.9 Å². The highest BCUT2D eigenvalue weighted by atomic mass is 35.5. The predicted octanol–water partition coefficient (Wildman–Crippen LogP) is 5.30. The molecule has 1 amide bonds. The van der Waals surface area contributed by atoms with Crippen molar-refractivity contribution in [2.24, 2.45) is 0 Å². The average molecular weight is 494 g/mol. The number of methoxy groups -OCH3 is 3. The van der Waals surface area contributed by atoms with Crippen molar-refractivity contribution in [3.63, 3.8) is 0 Å². The van der Waals surface area contributed by atoms with Crippen LogP contribution in [-0.4, -0.2) is 38.1 Å². The van der Waals surface area contributed by atoms with Crippen molar-refractivity contribution in [3.8, 4) is 17.2 Å². The maximum Gasteiger partial charge on any atom is 0.300 e. The fourth-order valence-corrected chi connectivity index (χ4v) is 4.48. The Labute approximate surface area is 208 Å². The molecule has 1 aliphatic rings. The van der Waals surface area contributed by atoms with Crippen molar-refractivity contribution < 1.29 is 28.9 Å². The zero-order valence-electron chi connectivity index (χ0n) is 19.7. The Morgan fingerprint density at radius 2 is 1.63 bits per heavy atom. The van der Waals surface area contributed by atoms with E-state index in [2.05, 4.69) is 0 Å². The summed E-state index contributed by atoms with van der Waals surface area (Å²) < 4.78 is 15.9. The van der Waals surface area contributed by atoms with Crippen LogP contribution in [0.15, 0.2) is 66.2 Å². The van der Waals surface area contributed by atoms with E-state index in [0.717, 1.165) is 5.56 Å². The Morgan fingerprint density at radius 1 is 0.914 bits per heavy atom. The van der Waals surface area contributed by atoms with Crippen LogP contribution in [0, 0.1) is 6.92 Å². The molecule has 8 heteroatoms. The molecule has 1 N–H and O–H groups in total. The number of benzene rings is 3. The van der Waals surface area contributed by atoms with Crippen LogP contribution >= 0.6 is 11.6 Å². The van der Waals surface area contributed by atoms with E-state index < -0.39 is 17.7 Å². The summed E-state index contributed by atoms with van der Waals surface area (Å²) in [6.07, 6.45) is 0. The molecule has 0 radical (unpaired) electrons. The molecule has 4 rings (SSSR count). The number of hydrogen-bond acceptors (Lipinski definition) is 6. The van der Waals surface area contributed by atoms with Gasteiger partial charge in [-0.2, -0.15) is 0 Å². The molecule has 0 aliphatic carbocycles. The van der Waals surface area contributed by atoms with E-state index in [4.69, 9.17) is 25.8 Å². The SMILES string of the molecule is COc1ccc(/C(O)=C2\C(=O)C(=O)N(c3ccc(OC)c(Cl)c3)C2c2ccccc2C)c(OC)c1. The fraction of sp³-hybridized carbons (Fsp3) is 0.185. The zero-order valence-corrected chi connectivity index (χ0v) is 20.4. The number of aliphatic hydroxyl groups excluding tert-OH is 1. The fourth-order valence-electron chi connectivity index (χ4n) is 4.23. The van der Waals surface area contributed by atoms with Crippen LogP contribution in [0.3, 0.4) is 0 Å². The lowest BCUT2D eigenvalue weighted by Gasteiger charge is -2.27. The summed E-state index contributed by atoms with van der Waals surface area (Å²) in [6, 6.07) is 16.1. The molecular formula is C27H24ClNO6. The van der Waals surface area contributed by atoms with Gasteiger partial charge in [-0.15, -0.1) is 0 Å². The van der Waals surface area contributed by atoms with Crippen LogP contribution in [0.2, 0.25) is 5.02 Å². The normalized spacial score (nSPS) is 16.9. The summed E-state index contributed by atoms with van der Waals surface area (Å²) in [6.45, 7) is 1.88. The van der Waals surface area contributed by atoms with Crippen molar-refractivity contribution in [1.29, 1.82) is 0 Å². The lowest BCUT2D eigenvalue weighted by Crippen LogP contribution is -2.29. The van der Waals surface area contributed by atoms with Crippen LogP contribution < -0.4 is 19.1 Å². The van der Waals surface area contributed by atoms with E-state index in [-0.39, 0.29) is 21.9 Å². The van der Waals surface area contributed by atoms with Gasteiger partial charge in [0.05, 0.1) is 43.5 Å². The summed E-state index contributed by atoms with van der Waals surface area (Å²) in [5.74, 6) is -0.707. The van der Waals surface area contributed by atoms with Gasteiger partial charge in [-0.05, 0) is 48.4 Å². The average Bonchev–Trinajstić information content (AvgIpc) is 3.13. The van der Waals surface area contributed by atoms with E-state index in [1.807, 2.05) is 31.2 Å². The van der Waals surface area contributed by atoms with Crippen LogP contribution in [0.1, 0.15) is 22.7 Å². The van der Waals surface area contributed by atoms with Crippen LogP contribution in [-0.2, 0) is 9.59 Å². The molecule has 1 fully saturated rings. The van der Waals surface area contributed by atoms with E-state index in [1.165, 1.54) is 26.2 Å². The standard InChI is InChI=1S/C27H24ClNO6/c1-15-7-5-6-8-18(15)24-23(25(30)19-11-10-17(33-2)14-22(19)35-4)26(31)27(32)29(24)16-9-12-21(34-3)20(28)13-16/h5-14,24,30H,1-4H3/b25-23+. The molecule has 3 aromatic rings. The number of carbonyl (C=O) groups excluding carboxylic acids is 2. The van der Waals surface area contributed by atoms with Crippen molar-refractivity contribution in [2.75, 3.05) is 26.2 Å². The summed E-state index contributed by atoms with van der Waals surface area (Å²) in [4.78, 5) is 28.1. The first-order chi connectivity index (χ1) is 16.8. The molecule has 1 saturated heterocycles. The summed E-state index contributed by atoms with van der Waals surface area (Å²) >= 11 is 6.34. The van der Waals surface area contributed by atoms with Crippen molar-refractivity contribution in [1.82, 2.24) is 0 Å². The second-order valence-corrected chi connectivity index (χ2v) is 8.32. The Morgan fingerprint density at radius 3 is 2.26 bits per heavy atom. The third-order valence-corrected chi connectivity index (χ3v) is 6.30. The maximum absolute atomic E-state index is 13.4. The number of aliphatic hydroxyl groups is 1. The lowest BCUT2D eigenvalue weighted by atomic mass is 9.92. The highest BCUT2D eigenvalue weighted by Crippen LogP contribution is 2.45. The molecule has 0 spiro atoms. The molecule has 1 heterocycles. The molecule has 180 valence electrons. The first-order valence-electron chi connectivity index (χ1n) is 10.7. The number of ketones is 1. The monoisotopic (exact) mass is 493 g/mol. The van der Waals surface area contributed by atoms with Gasteiger partial charge >= 0.3 is 0 Å². The summed E-state index contributed by atoms with van der Waals surface area (Å²) in [5, 5.41) is 11.7. The van der Waals surface area contributed by atoms with Gasteiger partial charge in [-0.3, -0.25) is 14.5 Å². The van der Waals surface area contributed by atoms with Crippen molar-refractivity contribution in [2.45, 2.75) is 13.0 Å². The number of hydrogen-bond donors (Lipinski definition) is 1. The van der Waals surface area contributed by atoms with Gasteiger partial charge in [0, 0.05) is 11.8 Å². The number of halogens is 1. The largest absolute Gasteiger partial charge is 0.507 e. The number of carbonyl (C=O) groups is 2. The van der Waals surface area contributed by atoms with Crippen molar-refractivity contribution >= 4 is 34.7 Å². The smallest absolute Gasteiger partial charge is 0.300 e. The highest BCUT2D eigenvalue weighted by molar-refractivity contribution is 6.52. The molecule has 0 bridgehead atoms. The first kappa shape index (κ1) is 24.2. The van der Waals surface area contributed by atoms with Crippen LogP contribution in [0.4, 0.5) is 5.69 Å². The van der Waals surface area contributed by atoms with E-state index >= 15 is 0 Å². The zero-order chi connectivity index (χ0) is 25.3. The van der Waals surface area contributed by atoms with E-state index in [1.54, 1.807) is 36.4 Å². The van der Waals surface area contributed by atoms with Gasteiger partial charge in [0.2, 0.25) is 0 Å². The molecule has 0 aromatic heterocycles. The third kappa shape index (κ3) is 4.19. The number of rotatable bonds is 6. The number of ether oxygens (including phenoxy) is 3. The van der Waals surface area contributed by atoms with E-state index in [9.17, 15) is 14.7 Å². The number of amides is 1. The Kier molecular flexibility index (Phi) is 6.71. The molecule has 3 aromatic carbocycles. The molecule has 1 atom stereocenters. The predicted molar refractivity (Wildman–Crippen MR) is 134 cm³/mol. The van der Waals surface area contributed by atoms with Gasteiger partial charge in [-0.25, -0.2) is 0 Å². The number of aryl methyl sites for hydroxylation is 1. The topological polar surface area (TPSA) is 85.3 Å². The Hall–Kier alpha value is -3.97.